The average molecular weight is 427 g/mol. The third kappa shape index (κ3) is 4.51. The standard InChI is InChI=1S/C23H26N2O4S/c1-23(2)21(28)25(22(29)24(23)3)14-13-18(20(26)27)15-30-19-11-9-17(10-12-19)16-7-5-4-6-8-16/h4-12,18H,13-15H2,1-3H3,(H,26,27). The van der Waals surface area contributed by atoms with Crippen LogP contribution in [0.1, 0.15) is 20.3 Å². The molecule has 1 saturated heterocycles. The molecule has 2 aromatic rings. The number of likely N-dealkylation sites (N-methyl/N-ethyl adjacent to an activating group) is 1. The maximum absolute atomic E-state index is 12.5. The molecule has 3 amide bonds. The second kappa shape index (κ2) is 8.92. The molecule has 158 valence electrons. The van der Waals surface area contributed by atoms with Crippen LogP contribution in [0.25, 0.3) is 11.1 Å². The van der Waals surface area contributed by atoms with Gasteiger partial charge in [0, 0.05) is 24.2 Å². The zero-order chi connectivity index (χ0) is 21.9. The van der Waals surface area contributed by atoms with Gasteiger partial charge in [0.25, 0.3) is 5.91 Å². The van der Waals surface area contributed by atoms with Crippen LogP contribution in [0.4, 0.5) is 4.79 Å². The predicted octanol–water partition coefficient (Wildman–Crippen LogP) is 4.21. The Morgan fingerprint density at radius 3 is 2.17 bits per heavy atom. The summed E-state index contributed by atoms with van der Waals surface area (Å²) in [5, 5.41) is 9.59. The number of urea groups is 1. The van der Waals surface area contributed by atoms with Gasteiger partial charge in [-0.1, -0.05) is 42.5 Å². The second-order valence-electron chi connectivity index (χ2n) is 7.88. The van der Waals surface area contributed by atoms with Gasteiger partial charge in [-0.2, -0.15) is 0 Å². The average Bonchev–Trinajstić information content (AvgIpc) is 2.89. The van der Waals surface area contributed by atoms with Crippen molar-refractivity contribution in [3.05, 3.63) is 54.6 Å². The van der Waals surface area contributed by atoms with Gasteiger partial charge in [-0.3, -0.25) is 14.5 Å². The third-order valence-corrected chi connectivity index (χ3v) is 6.76. The fourth-order valence-electron chi connectivity index (χ4n) is 3.31. The lowest BCUT2D eigenvalue weighted by atomic mass is 10.0. The van der Waals surface area contributed by atoms with E-state index < -0.39 is 17.4 Å². The lowest BCUT2D eigenvalue weighted by Gasteiger charge is -2.22. The third-order valence-electron chi connectivity index (χ3n) is 5.59. The van der Waals surface area contributed by atoms with Gasteiger partial charge in [0.2, 0.25) is 0 Å². The number of amides is 3. The zero-order valence-corrected chi connectivity index (χ0v) is 18.2. The van der Waals surface area contributed by atoms with E-state index in [1.807, 2.05) is 54.6 Å². The van der Waals surface area contributed by atoms with E-state index in [0.29, 0.717) is 5.75 Å². The highest BCUT2D eigenvalue weighted by Crippen LogP contribution is 2.29. The number of hydrogen-bond donors (Lipinski definition) is 1. The predicted molar refractivity (Wildman–Crippen MR) is 117 cm³/mol. The normalized spacial score (nSPS) is 16.8. The Morgan fingerprint density at radius 1 is 1.03 bits per heavy atom. The van der Waals surface area contributed by atoms with Crippen molar-refractivity contribution in [3.63, 3.8) is 0 Å². The van der Waals surface area contributed by atoms with E-state index >= 15 is 0 Å². The molecule has 0 bridgehead atoms. The fraction of sp³-hybridized carbons (Fsp3) is 0.348. The van der Waals surface area contributed by atoms with E-state index in [1.165, 1.54) is 16.7 Å². The molecule has 1 N–H and O–H groups in total. The van der Waals surface area contributed by atoms with Crippen LogP contribution in [0.15, 0.2) is 59.5 Å². The smallest absolute Gasteiger partial charge is 0.327 e. The van der Waals surface area contributed by atoms with Crippen molar-refractivity contribution in [3.8, 4) is 11.1 Å². The van der Waals surface area contributed by atoms with Gasteiger partial charge in [-0.15, -0.1) is 11.8 Å². The van der Waals surface area contributed by atoms with Gasteiger partial charge in [0.05, 0.1) is 5.92 Å². The zero-order valence-electron chi connectivity index (χ0n) is 17.4. The molecule has 1 heterocycles. The Hall–Kier alpha value is -2.80. The molecule has 0 aliphatic carbocycles. The lowest BCUT2D eigenvalue weighted by Crippen LogP contribution is -2.41. The quantitative estimate of drug-likeness (QED) is 0.505. The summed E-state index contributed by atoms with van der Waals surface area (Å²) in [4.78, 5) is 40.0. The highest BCUT2D eigenvalue weighted by molar-refractivity contribution is 7.99. The molecule has 1 atom stereocenters. The first-order chi connectivity index (χ1) is 14.2. The first kappa shape index (κ1) is 21.9. The summed E-state index contributed by atoms with van der Waals surface area (Å²) < 4.78 is 0. The number of thioether (sulfide) groups is 1. The molecule has 7 heteroatoms. The summed E-state index contributed by atoms with van der Waals surface area (Å²) in [6.45, 7) is 3.49. The van der Waals surface area contributed by atoms with Crippen LogP contribution in [0, 0.1) is 5.92 Å². The summed E-state index contributed by atoms with van der Waals surface area (Å²) >= 11 is 1.47. The minimum absolute atomic E-state index is 0.107. The minimum atomic E-state index is -0.921. The summed E-state index contributed by atoms with van der Waals surface area (Å²) in [7, 11) is 1.59. The summed E-state index contributed by atoms with van der Waals surface area (Å²) in [6.07, 6.45) is 0.228. The number of nitrogens with zero attached hydrogens (tertiary/aromatic N) is 2. The number of carbonyl (C=O) groups excluding carboxylic acids is 2. The van der Waals surface area contributed by atoms with Crippen molar-refractivity contribution >= 4 is 29.7 Å². The molecular weight excluding hydrogens is 400 g/mol. The number of carbonyl (C=O) groups is 3. The van der Waals surface area contributed by atoms with Crippen LogP contribution in [0.5, 0.6) is 0 Å². The van der Waals surface area contributed by atoms with Crippen LogP contribution < -0.4 is 0 Å². The Bertz CT molecular complexity index is 928. The van der Waals surface area contributed by atoms with Crippen LogP contribution in [-0.4, -0.2) is 57.7 Å². The van der Waals surface area contributed by atoms with Crippen molar-refractivity contribution in [2.45, 2.75) is 30.7 Å². The summed E-state index contributed by atoms with van der Waals surface area (Å²) in [5.41, 5.74) is 1.34. The van der Waals surface area contributed by atoms with Crippen molar-refractivity contribution in [1.82, 2.24) is 9.80 Å². The first-order valence-electron chi connectivity index (χ1n) is 9.82. The molecule has 6 nitrogen and oxygen atoms in total. The molecular formula is C23H26N2O4S. The first-order valence-corrected chi connectivity index (χ1v) is 10.8. The van der Waals surface area contributed by atoms with Gasteiger partial charge >= 0.3 is 12.0 Å². The van der Waals surface area contributed by atoms with Gasteiger partial charge in [0.15, 0.2) is 0 Å². The number of carboxylic acids is 1. The van der Waals surface area contributed by atoms with E-state index in [1.54, 1.807) is 20.9 Å². The molecule has 1 fully saturated rings. The molecule has 3 rings (SSSR count). The maximum Gasteiger partial charge on any atom is 0.327 e. The number of carboxylic acid groups (broad SMARTS) is 1. The molecule has 1 aliphatic heterocycles. The van der Waals surface area contributed by atoms with Crippen LogP contribution in [-0.2, 0) is 9.59 Å². The molecule has 2 aromatic carbocycles. The highest BCUT2D eigenvalue weighted by Gasteiger charge is 2.49. The van der Waals surface area contributed by atoms with E-state index in [0.717, 1.165) is 20.9 Å². The van der Waals surface area contributed by atoms with Crippen molar-refractivity contribution < 1.29 is 19.5 Å². The summed E-state index contributed by atoms with van der Waals surface area (Å²) in [6, 6.07) is 17.7. The molecule has 1 aliphatic rings. The van der Waals surface area contributed by atoms with Gasteiger partial charge in [-0.25, -0.2) is 4.79 Å². The van der Waals surface area contributed by atoms with Crippen molar-refractivity contribution in [2.75, 3.05) is 19.3 Å². The largest absolute Gasteiger partial charge is 0.481 e. The van der Waals surface area contributed by atoms with Crippen LogP contribution in [0.3, 0.4) is 0 Å². The maximum atomic E-state index is 12.5. The fourth-order valence-corrected chi connectivity index (χ4v) is 4.34. The molecule has 0 aromatic heterocycles. The van der Waals surface area contributed by atoms with Gasteiger partial charge in [-0.05, 0) is 43.5 Å². The van der Waals surface area contributed by atoms with E-state index in [2.05, 4.69) is 0 Å². The minimum Gasteiger partial charge on any atom is -0.481 e. The number of benzene rings is 2. The summed E-state index contributed by atoms with van der Waals surface area (Å²) in [5.74, 6) is -1.49. The number of rotatable bonds is 8. The number of aliphatic carboxylic acids is 1. The van der Waals surface area contributed by atoms with E-state index in [-0.39, 0.29) is 24.9 Å². The Kier molecular flexibility index (Phi) is 6.51. The Balaban J connectivity index is 1.58. The van der Waals surface area contributed by atoms with E-state index in [9.17, 15) is 19.5 Å². The SMILES string of the molecule is CN1C(=O)N(CCC(CSc2ccc(-c3ccccc3)cc2)C(=O)O)C(=O)C1(C)C. The Morgan fingerprint density at radius 2 is 1.63 bits per heavy atom. The molecule has 0 radical (unpaired) electrons. The molecule has 0 spiro atoms. The molecule has 30 heavy (non-hydrogen) atoms. The van der Waals surface area contributed by atoms with Crippen molar-refractivity contribution in [2.24, 2.45) is 5.92 Å². The highest BCUT2D eigenvalue weighted by atomic mass is 32.2. The van der Waals surface area contributed by atoms with Gasteiger partial charge < -0.3 is 10.0 Å². The van der Waals surface area contributed by atoms with Gasteiger partial charge in [0.1, 0.15) is 5.54 Å². The number of imide groups is 1. The van der Waals surface area contributed by atoms with Crippen LogP contribution >= 0.6 is 11.8 Å². The lowest BCUT2D eigenvalue weighted by molar-refractivity contribution is -0.141. The second-order valence-corrected chi connectivity index (χ2v) is 8.98. The van der Waals surface area contributed by atoms with E-state index in [4.69, 9.17) is 0 Å². The number of hydrogen-bond acceptors (Lipinski definition) is 4. The van der Waals surface area contributed by atoms with Crippen LogP contribution in [0.2, 0.25) is 0 Å². The monoisotopic (exact) mass is 426 g/mol. The topological polar surface area (TPSA) is 77.9 Å². The Labute approximate surface area is 180 Å². The molecule has 1 unspecified atom stereocenters. The van der Waals surface area contributed by atoms with Crippen molar-refractivity contribution in [1.29, 1.82) is 0 Å². The molecule has 0 saturated carbocycles.